The lowest BCUT2D eigenvalue weighted by molar-refractivity contribution is -0.141. The second-order valence-corrected chi connectivity index (χ2v) is 4.71. The number of amides is 1. The fourth-order valence-electron chi connectivity index (χ4n) is 0.883. The summed E-state index contributed by atoms with van der Waals surface area (Å²) in [7, 11) is 0. The van der Waals surface area contributed by atoms with Crippen LogP contribution in [-0.4, -0.2) is 34.5 Å². The van der Waals surface area contributed by atoms with Crippen LogP contribution in [0.5, 0.6) is 0 Å². The summed E-state index contributed by atoms with van der Waals surface area (Å²) in [6.07, 6.45) is 2.34. The first-order chi connectivity index (χ1) is 7.47. The van der Waals surface area contributed by atoms with E-state index in [2.05, 4.69) is 5.32 Å². The molecule has 92 valence electrons. The Morgan fingerprint density at radius 3 is 2.50 bits per heavy atom. The Bertz CT molecular complexity index is 272. The van der Waals surface area contributed by atoms with Crippen molar-refractivity contribution in [2.24, 2.45) is 0 Å². The molecule has 0 aromatic heterocycles. The van der Waals surface area contributed by atoms with Gasteiger partial charge in [0.15, 0.2) is 0 Å². The van der Waals surface area contributed by atoms with Crippen LogP contribution in [-0.2, 0) is 9.59 Å². The number of carbonyl (C=O) groups excluding carboxylic acids is 1. The Labute approximate surface area is 100 Å². The third-order valence-electron chi connectivity index (χ3n) is 1.85. The van der Waals surface area contributed by atoms with E-state index in [1.54, 1.807) is 6.92 Å². The van der Waals surface area contributed by atoms with E-state index in [0.29, 0.717) is 12.2 Å². The van der Waals surface area contributed by atoms with Gasteiger partial charge in [0.1, 0.15) is 6.04 Å². The molecule has 0 aromatic carbocycles. The molecule has 0 fully saturated rings. The SMILES string of the molecule is CCC(=O)NC(CSCC=C(C)C)C(=O)O. The molecule has 0 aromatic rings. The summed E-state index contributed by atoms with van der Waals surface area (Å²) < 4.78 is 0. The molecule has 0 radical (unpaired) electrons. The van der Waals surface area contributed by atoms with Gasteiger partial charge in [-0.05, 0) is 13.8 Å². The Morgan fingerprint density at radius 2 is 2.06 bits per heavy atom. The van der Waals surface area contributed by atoms with E-state index in [1.807, 2.05) is 19.9 Å². The summed E-state index contributed by atoms with van der Waals surface area (Å²) in [5.74, 6) is -0.0411. The molecule has 2 N–H and O–H groups in total. The Hall–Kier alpha value is -0.970. The maximum absolute atomic E-state index is 11.1. The van der Waals surface area contributed by atoms with Crippen molar-refractivity contribution >= 4 is 23.6 Å². The highest BCUT2D eigenvalue weighted by molar-refractivity contribution is 7.99. The minimum atomic E-state index is -0.980. The highest BCUT2D eigenvalue weighted by Gasteiger charge is 2.18. The van der Waals surface area contributed by atoms with E-state index >= 15 is 0 Å². The first-order valence-electron chi connectivity index (χ1n) is 5.20. The number of allylic oxidation sites excluding steroid dienone is 1. The molecule has 0 bridgehead atoms. The van der Waals surface area contributed by atoms with E-state index in [9.17, 15) is 9.59 Å². The van der Waals surface area contributed by atoms with E-state index in [4.69, 9.17) is 5.11 Å². The lowest BCUT2D eigenvalue weighted by Gasteiger charge is -2.12. The first-order valence-corrected chi connectivity index (χ1v) is 6.36. The van der Waals surface area contributed by atoms with Gasteiger partial charge in [-0.1, -0.05) is 18.6 Å². The van der Waals surface area contributed by atoms with Crippen LogP contribution in [0.1, 0.15) is 27.2 Å². The summed E-state index contributed by atoms with van der Waals surface area (Å²) in [5, 5.41) is 11.4. The summed E-state index contributed by atoms with van der Waals surface area (Å²) in [4.78, 5) is 21.9. The zero-order valence-corrected chi connectivity index (χ0v) is 10.8. The van der Waals surface area contributed by atoms with Gasteiger partial charge in [-0.15, -0.1) is 0 Å². The quantitative estimate of drug-likeness (QED) is 0.529. The third kappa shape index (κ3) is 7.34. The second-order valence-electron chi connectivity index (χ2n) is 3.63. The standard InChI is InChI=1S/C11H19NO3S/c1-4-10(13)12-9(11(14)15)7-16-6-5-8(2)3/h5,9H,4,6-7H2,1-3H3,(H,12,13)(H,14,15). The van der Waals surface area contributed by atoms with Gasteiger partial charge < -0.3 is 10.4 Å². The van der Waals surface area contributed by atoms with Crippen LogP contribution in [0.4, 0.5) is 0 Å². The number of hydrogen-bond acceptors (Lipinski definition) is 3. The average Bonchev–Trinajstić information content (AvgIpc) is 2.21. The summed E-state index contributed by atoms with van der Waals surface area (Å²) >= 11 is 1.50. The van der Waals surface area contributed by atoms with Crippen molar-refractivity contribution in [3.05, 3.63) is 11.6 Å². The predicted molar refractivity (Wildman–Crippen MR) is 66.6 cm³/mol. The maximum atomic E-state index is 11.1. The van der Waals surface area contributed by atoms with Gasteiger partial charge in [0.25, 0.3) is 0 Å². The number of carboxylic acids is 1. The number of carbonyl (C=O) groups is 2. The van der Waals surface area contributed by atoms with Gasteiger partial charge in [-0.25, -0.2) is 4.79 Å². The van der Waals surface area contributed by atoms with Gasteiger partial charge >= 0.3 is 5.97 Å². The molecule has 0 saturated heterocycles. The Kier molecular flexibility index (Phi) is 7.72. The number of nitrogens with one attached hydrogen (secondary N) is 1. The molecule has 0 saturated carbocycles. The molecule has 0 rings (SSSR count). The van der Waals surface area contributed by atoms with Crippen molar-refractivity contribution in [2.75, 3.05) is 11.5 Å². The number of thioether (sulfide) groups is 1. The lowest BCUT2D eigenvalue weighted by atomic mass is 10.3. The Morgan fingerprint density at radius 1 is 1.44 bits per heavy atom. The van der Waals surface area contributed by atoms with Gasteiger partial charge in [0, 0.05) is 17.9 Å². The van der Waals surface area contributed by atoms with Gasteiger partial charge in [0.2, 0.25) is 5.91 Å². The van der Waals surface area contributed by atoms with Crippen molar-refractivity contribution in [3.8, 4) is 0 Å². The largest absolute Gasteiger partial charge is 0.480 e. The van der Waals surface area contributed by atoms with Crippen LogP contribution in [0.3, 0.4) is 0 Å². The van der Waals surface area contributed by atoms with Gasteiger partial charge in [-0.3, -0.25) is 4.79 Å². The number of rotatable bonds is 7. The van der Waals surface area contributed by atoms with Crippen LogP contribution in [0, 0.1) is 0 Å². The predicted octanol–water partition coefficient (Wildman–Crippen LogP) is 1.67. The van der Waals surface area contributed by atoms with Crippen LogP contribution in [0.25, 0.3) is 0 Å². The number of aliphatic carboxylic acids is 1. The molecule has 16 heavy (non-hydrogen) atoms. The molecule has 4 nitrogen and oxygen atoms in total. The van der Waals surface area contributed by atoms with E-state index in [1.165, 1.54) is 17.3 Å². The van der Waals surface area contributed by atoms with Crippen molar-refractivity contribution in [2.45, 2.75) is 33.2 Å². The normalized spacial score (nSPS) is 11.7. The zero-order valence-electron chi connectivity index (χ0n) is 9.95. The molecule has 1 amide bonds. The van der Waals surface area contributed by atoms with Crippen molar-refractivity contribution in [1.82, 2.24) is 5.32 Å². The zero-order chi connectivity index (χ0) is 12.6. The van der Waals surface area contributed by atoms with Crippen LogP contribution >= 0.6 is 11.8 Å². The fourth-order valence-corrected chi connectivity index (χ4v) is 1.93. The van der Waals surface area contributed by atoms with E-state index in [-0.39, 0.29) is 5.91 Å². The van der Waals surface area contributed by atoms with Crippen LogP contribution in [0.2, 0.25) is 0 Å². The molecule has 1 atom stereocenters. The molecule has 0 spiro atoms. The highest BCUT2D eigenvalue weighted by atomic mass is 32.2. The minimum Gasteiger partial charge on any atom is -0.480 e. The van der Waals surface area contributed by atoms with Crippen LogP contribution < -0.4 is 5.32 Å². The molecule has 0 aliphatic rings. The lowest BCUT2D eigenvalue weighted by Crippen LogP contribution is -2.42. The van der Waals surface area contributed by atoms with Gasteiger partial charge in [-0.2, -0.15) is 11.8 Å². The van der Waals surface area contributed by atoms with Crippen molar-refractivity contribution < 1.29 is 14.7 Å². The molecule has 0 heterocycles. The Balaban J connectivity index is 4.00. The number of hydrogen-bond donors (Lipinski definition) is 2. The van der Waals surface area contributed by atoms with Gasteiger partial charge in [0.05, 0.1) is 0 Å². The highest BCUT2D eigenvalue weighted by Crippen LogP contribution is 2.05. The number of carboxylic acid groups (broad SMARTS) is 1. The molecule has 0 aliphatic carbocycles. The average molecular weight is 245 g/mol. The molecule has 5 heteroatoms. The first kappa shape index (κ1) is 15.0. The smallest absolute Gasteiger partial charge is 0.327 e. The topological polar surface area (TPSA) is 66.4 Å². The van der Waals surface area contributed by atoms with Crippen LogP contribution in [0.15, 0.2) is 11.6 Å². The molecule has 1 unspecified atom stereocenters. The molecular formula is C11H19NO3S. The fraction of sp³-hybridized carbons (Fsp3) is 0.636. The maximum Gasteiger partial charge on any atom is 0.327 e. The van der Waals surface area contributed by atoms with E-state index in [0.717, 1.165) is 5.75 Å². The summed E-state index contributed by atoms with van der Waals surface area (Å²) in [6.45, 7) is 5.69. The van der Waals surface area contributed by atoms with Crippen molar-refractivity contribution in [3.63, 3.8) is 0 Å². The molecular weight excluding hydrogens is 226 g/mol. The third-order valence-corrected chi connectivity index (χ3v) is 2.82. The van der Waals surface area contributed by atoms with E-state index < -0.39 is 12.0 Å². The minimum absolute atomic E-state index is 0.227. The van der Waals surface area contributed by atoms with Crippen molar-refractivity contribution in [1.29, 1.82) is 0 Å². The monoisotopic (exact) mass is 245 g/mol. The molecule has 0 aliphatic heterocycles. The summed E-state index contributed by atoms with van der Waals surface area (Å²) in [5.41, 5.74) is 1.21. The second kappa shape index (κ2) is 8.21. The summed E-state index contributed by atoms with van der Waals surface area (Å²) in [6, 6.07) is -0.789.